The number of ether oxygens (including phenoxy) is 1. The third-order valence-electron chi connectivity index (χ3n) is 4.46. The van der Waals surface area contributed by atoms with Crippen LogP contribution in [0.25, 0.3) is 0 Å². The van der Waals surface area contributed by atoms with Gasteiger partial charge in [0.05, 0.1) is 5.75 Å². The summed E-state index contributed by atoms with van der Waals surface area (Å²) in [5, 5.41) is 12.3. The largest absolute Gasteiger partial charge is 0.483 e. The number of nitrogens with one attached hydrogen (secondary N) is 1. The van der Waals surface area contributed by atoms with Crippen LogP contribution in [0.5, 0.6) is 5.75 Å². The zero-order chi connectivity index (χ0) is 21.3. The highest BCUT2D eigenvalue weighted by atomic mass is 79.9. The molecule has 1 amide bonds. The van der Waals surface area contributed by atoms with E-state index in [9.17, 15) is 4.79 Å². The van der Waals surface area contributed by atoms with Gasteiger partial charge in [-0.3, -0.25) is 4.79 Å². The third kappa shape index (κ3) is 6.34. The van der Waals surface area contributed by atoms with E-state index >= 15 is 0 Å². The molecule has 0 saturated carbocycles. The predicted molar refractivity (Wildman–Crippen MR) is 123 cm³/mol. The number of aromatic nitrogens is 3. The first-order valence-corrected chi connectivity index (χ1v) is 11.6. The summed E-state index contributed by atoms with van der Waals surface area (Å²) in [6.07, 6.45) is 0.560. The molecule has 1 atom stereocenters. The van der Waals surface area contributed by atoms with Crippen LogP contribution < -0.4 is 10.1 Å². The Morgan fingerprint density at radius 2 is 1.90 bits per heavy atom. The molecule has 0 radical (unpaired) electrons. The SMILES string of the molecule is CCn1c(SCC(=O)NCCc2ccccc2)nnc1C(C)Oc1ccc(Br)cc1. The molecular weight excluding hydrogens is 464 g/mol. The molecule has 1 unspecified atom stereocenters. The zero-order valence-corrected chi connectivity index (χ0v) is 19.4. The zero-order valence-electron chi connectivity index (χ0n) is 17.0. The Morgan fingerprint density at radius 3 is 2.60 bits per heavy atom. The Morgan fingerprint density at radius 1 is 1.17 bits per heavy atom. The van der Waals surface area contributed by atoms with E-state index in [0.717, 1.165) is 27.6 Å². The maximum atomic E-state index is 12.2. The van der Waals surface area contributed by atoms with Crippen LogP contribution in [-0.4, -0.2) is 33.0 Å². The lowest BCUT2D eigenvalue weighted by Crippen LogP contribution is -2.27. The molecule has 2 aromatic carbocycles. The third-order valence-corrected chi connectivity index (χ3v) is 5.96. The van der Waals surface area contributed by atoms with Crippen molar-refractivity contribution in [3.05, 3.63) is 70.5 Å². The molecule has 0 aliphatic rings. The Bertz CT molecular complexity index is 948. The number of benzene rings is 2. The first-order chi connectivity index (χ1) is 14.6. The number of carbonyl (C=O) groups is 1. The molecule has 30 heavy (non-hydrogen) atoms. The van der Waals surface area contributed by atoms with E-state index in [0.29, 0.717) is 18.8 Å². The highest BCUT2D eigenvalue weighted by Gasteiger charge is 2.19. The van der Waals surface area contributed by atoms with E-state index in [2.05, 4.69) is 43.6 Å². The summed E-state index contributed by atoms with van der Waals surface area (Å²) in [5.74, 6) is 1.80. The fourth-order valence-corrected chi connectivity index (χ4v) is 4.05. The number of nitrogens with zero attached hydrogens (tertiary/aromatic N) is 3. The van der Waals surface area contributed by atoms with Gasteiger partial charge in [0.2, 0.25) is 5.91 Å². The average molecular weight is 489 g/mol. The number of hydrogen-bond acceptors (Lipinski definition) is 5. The fraction of sp³-hybridized carbons (Fsp3) is 0.318. The monoisotopic (exact) mass is 488 g/mol. The van der Waals surface area contributed by atoms with Crippen molar-refractivity contribution in [3.63, 3.8) is 0 Å². The summed E-state index contributed by atoms with van der Waals surface area (Å²) in [4.78, 5) is 12.2. The van der Waals surface area contributed by atoms with Gasteiger partial charge >= 0.3 is 0 Å². The summed E-state index contributed by atoms with van der Waals surface area (Å²) in [6, 6.07) is 17.8. The Balaban J connectivity index is 1.51. The molecule has 0 aliphatic heterocycles. The minimum atomic E-state index is -0.257. The average Bonchev–Trinajstić information content (AvgIpc) is 3.18. The van der Waals surface area contributed by atoms with Gasteiger partial charge in [-0.2, -0.15) is 0 Å². The van der Waals surface area contributed by atoms with Crippen molar-refractivity contribution in [3.8, 4) is 5.75 Å². The first kappa shape index (κ1) is 22.4. The first-order valence-electron chi connectivity index (χ1n) is 9.85. The van der Waals surface area contributed by atoms with Crippen molar-refractivity contribution in [2.24, 2.45) is 0 Å². The van der Waals surface area contributed by atoms with Crippen molar-refractivity contribution >= 4 is 33.6 Å². The van der Waals surface area contributed by atoms with Crippen molar-refractivity contribution in [2.75, 3.05) is 12.3 Å². The van der Waals surface area contributed by atoms with Crippen molar-refractivity contribution < 1.29 is 9.53 Å². The molecular formula is C22H25BrN4O2S. The van der Waals surface area contributed by atoms with Crippen LogP contribution >= 0.6 is 27.7 Å². The molecule has 0 aliphatic carbocycles. The summed E-state index contributed by atoms with van der Waals surface area (Å²) >= 11 is 4.81. The number of thioether (sulfide) groups is 1. The van der Waals surface area contributed by atoms with Gasteiger partial charge in [-0.15, -0.1) is 10.2 Å². The summed E-state index contributed by atoms with van der Waals surface area (Å²) in [5.41, 5.74) is 1.21. The summed E-state index contributed by atoms with van der Waals surface area (Å²) in [7, 11) is 0. The van der Waals surface area contributed by atoms with Crippen LogP contribution in [0.2, 0.25) is 0 Å². The van der Waals surface area contributed by atoms with E-state index in [4.69, 9.17) is 4.74 Å². The van der Waals surface area contributed by atoms with Crippen LogP contribution in [0.15, 0.2) is 64.2 Å². The molecule has 0 fully saturated rings. The maximum Gasteiger partial charge on any atom is 0.230 e. The molecule has 0 saturated heterocycles. The molecule has 3 rings (SSSR count). The molecule has 3 aromatic rings. The lowest BCUT2D eigenvalue weighted by atomic mass is 10.1. The second kappa shape index (κ2) is 11.2. The molecule has 1 aromatic heterocycles. The van der Waals surface area contributed by atoms with E-state index in [1.54, 1.807) is 0 Å². The number of halogens is 1. The lowest BCUT2D eigenvalue weighted by molar-refractivity contribution is -0.118. The Hall–Kier alpha value is -2.32. The smallest absolute Gasteiger partial charge is 0.230 e. The molecule has 158 valence electrons. The predicted octanol–water partition coefficient (Wildman–Crippen LogP) is 4.65. The van der Waals surface area contributed by atoms with Crippen LogP contribution in [-0.2, 0) is 17.8 Å². The molecule has 1 heterocycles. The van der Waals surface area contributed by atoms with Gasteiger partial charge in [-0.25, -0.2) is 0 Å². The molecule has 0 spiro atoms. The number of hydrogen-bond donors (Lipinski definition) is 1. The van der Waals surface area contributed by atoms with Crippen LogP contribution in [0.4, 0.5) is 0 Å². The summed E-state index contributed by atoms with van der Waals surface area (Å²) < 4.78 is 8.99. The van der Waals surface area contributed by atoms with Crippen molar-refractivity contribution in [2.45, 2.75) is 38.1 Å². The van der Waals surface area contributed by atoms with Gasteiger partial charge in [0.15, 0.2) is 17.1 Å². The van der Waals surface area contributed by atoms with E-state index in [-0.39, 0.29) is 12.0 Å². The van der Waals surface area contributed by atoms with E-state index in [1.165, 1.54) is 17.3 Å². The van der Waals surface area contributed by atoms with Gasteiger partial charge in [0, 0.05) is 17.6 Å². The molecule has 8 heteroatoms. The van der Waals surface area contributed by atoms with Gasteiger partial charge in [0.1, 0.15) is 5.75 Å². The maximum absolute atomic E-state index is 12.2. The molecule has 0 bridgehead atoms. The second-order valence-electron chi connectivity index (χ2n) is 6.67. The van der Waals surface area contributed by atoms with Gasteiger partial charge < -0.3 is 14.6 Å². The van der Waals surface area contributed by atoms with Crippen LogP contribution in [0.1, 0.15) is 31.3 Å². The van der Waals surface area contributed by atoms with E-state index < -0.39 is 0 Å². The van der Waals surface area contributed by atoms with Crippen LogP contribution in [0.3, 0.4) is 0 Å². The van der Waals surface area contributed by atoms with Gasteiger partial charge in [-0.1, -0.05) is 58.0 Å². The highest BCUT2D eigenvalue weighted by molar-refractivity contribution is 9.10. The quantitative estimate of drug-likeness (QED) is 0.420. The standard InChI is InChI=1S/C22H25BrN4O2S/c1-3-27-21(16(2)29-19-11-9-18(23)10-12-19)25-26-22(27)30-15-20(28)24-14-13-17-7-5-4-6-8-17/h4-12,16H,3,13-15H2,1-2H3,(H,24,28). The fourth-order valence-electron chi connectivity index (χ4n) is 2.95. The van der Waals surface area contributed by atoms with Crippen molar-refractivity contribution in [1.29, 1.82) is 0 Å². The number of rotatable bonds is 10. The number of carbonyl (C=O) groups excluding carboxylic acids is 1. The Labute approximate surface area is 189 Å². The number of amides is 1. The second-order valence-corrected chi connectivity index (χ2v) is 8.53. The minimum absolute atomic E-state index is 0.0118. The molecule has 1 N–H and O–H groups in total. The Kier molecular flexibility index (Phi) is 8.33. The minimum Gasteiger partial charge on any atom is -0.483 e. The van der Waals surface area contributed by atoms with Gasteiger partial charge in [0.25, 0.3) is 0 Å². The lowest BCUT2D eigenvalue weighted by Gasteiger charge is -2.15. The van der Waals surface area contributed by atoms with Crippen molar-refractivity contribution in [1.82, 2.24) is 20.1 Å². The summed E-state index contributed by atoms with van der Waals surface area (Å²) in [6.45, 7) is 5.30. The highest BCUT2D eigenvalue weighted by Crippen LogP contribution is 2.25. The normalized spacial score (nSPS) is 11.8. The topological polar surface area (TPSA) is 69.0 Å². The van der Waals surface area contributed by atoms with Gasteiger partial charge in [-0.05, 0) is 50.1 Å². The van der Waals surface area contributed by atoms with Crippen LogP contribution in [0, 0.1) is 0 Å². The molecule has 6 nitrogen and oxygen atoms in total. The van der Waals surface area contributed by atoms with E-state index in [1.807, 2.05) is 60.9 Å².